The summed E-state index contributed by atoms with van der Waals surface area (Å²) < 4.78 is 18.7. The van der Waals surface area contributed by atoms with Crippen molar-refractivity contribution in [3.05, 3.63) is 83.0 Å². The Bertz CT molecular complexity index is 1880. The van der Waals surface area contributed by atoms with Crippen molar-refractivity contribution in [2.24, 2.45) is 0 Å². The van der Waals surface area contributed by atoms with Gasteiger partial charge in [-0.25, -0.2) is 0 Å². The molecular weight excluding hydrogens is 484 g/mol. The number of carbonyl (C=O) groups excluding carboxylic acids is 1. The largest absolute Gasteiger partial charge is 0.493 e. The second kappa shape index (κ2) is 9.19. The Balaban J connectivity index is 1.43. The molecule has 1 unspecified atom stereocenters. The molecule has 0 aliphatic carbocycles. The molecule has 190 valence electrons. The minimum Gasteiger partial charge on any atom is -0.493 e. The fourth-order valence-electron chi connectivity index (χ4n) is 4.96. The van der Waals surface area contributed by atoms with Crippen LogP contribution >= 0.6 is 0 Å². The van der Waals surface area contributed by atoms with E-state index in [4.69, 9.17) is 14.2 Å². The van der Waals surface area contributed by atoms with E-state index in [0.717, 1.165) is 16.3 Å². The molecule has 0 saturated heterocycles. The molecule has 4 aromatic heterocycles. The van der Waals surface area contributed by atoms with Gasteiger partial charge in [-0.1, -0.05) is 0 Å². The monoisotopic (exact) mass is 508 g/mol. The number of amides is 1. The second-order valence-electron chi connectivity index (χ2n) is 8.93. The molecule has 1 atom stereocenters. The number of fused-ring (bicyclic) bond motifs is 5. The van der Waals surface area contributed by atoms with E-state index in [-0.39, 0.29) is 11.5 Å². The van der Waals surface area contributed by atoms with Crippen LogP contribution in [0.1, 0.15) is 12.5 Å². The molecule has 1 amide bonds. The van der Waals surface area contributed by atoms with Crippen LogP contribution in [0.3, 0.4) is 0 Å². The van der Waals surface area contributed by atoms with Gasteiger partial charge in [0.15, 0.2) is 17.6 Å². The van der Waals surface area contributed by atoms with Gasteiger partial charge < -0.3 is 19.5 Å². The van der Waals surface area contributed by atoms with E-state index in [2.05, 4.69) is 15.3 Å². The zero-order valence-corrected chi connectivity index (χ0v) is 21.0. The number of nitrogens with zero attached hydrogens (tertiary/aromatic N) is 3. The Hall–Kier alpha value is -4.92. The molecule has 6 rings (SSSR count). The van der Waals surface area contributed by atoms with E-state index >= 15 is 0 Å². The lowest BCUT2D eigenvalue weighted by atomic mass is 10.1. The van der Waals surface area contributed by atoms with E-state index in [1.165, 1.54) is 14.2 Å². The lowest BCUT2D eigenvalue weighted by Crippen LogP contribution is -2.35. The smallest absolute Gasteiger partial charge is 0.267 e. The number of nitrogens with one attached hydrogen (secondary N) is 1. The average Bonchev–Trinajstić information content (AvgIpc) is 3.29. The van der Waals surface area contributed by atoms with Crippen LogP contribution in [-0.4, -0.2) is 40.6 Å². The third-order valence-corrected chi connectivity index (χ3v) is 6.76. The maximum atomic E-state index is 13.9. The van der Waals surface area contributed by atoms with Gasteiger partial charge in [0.25, 0.3) is 11.5 Å². The van der Waals surface area contributed by atoms with Gasteiger partial charge in [-0.15, -0.1) is 0 Å². The summed E-state index contributed by atoms with van der Waals surface area (Å²) in [5, 5.41) is 5.64. The topological polar surface area (TPSA) is 104 Å². The Kier molecular flexibility index (Phi) is 5.68. The maximum absolute atomic E-state index is 13.9. The lowest BCUT2D eigenvalue weighted by Gasteiger charge is -2.15. The van der Waals surface area contributed by atoms with Gasteiger partial charge in [-0.05, 0) is 61.0 Å². The van der Waals surface area contributed by atoms with Crippen LogP contribution in [-0.2, 0) is 11.3 Å². The van der Waals surface area contributed by atoms with E-state index in [1.807, 2.05) is 36.4 Å². The lowest BCUT2D eigenvalue weighted by molar-refractivity contribution is -0.127. The molecule has 0 fully saturated rings. The van der Waals surface area contributed by atoms with Crippen LogP contribution in [0.25, 0.3) is 38.1 Å². The molecule has 0 aliphatic rings. The van der Waals surface area contributed by atoms with Crippen molar-refractivity contribution in [1.29, 1.82) is 0 Å². The van der Waals surface area contributed by atoms with Crippen molar-refractivity contribution in [1.82, 2.24) is 19.7 Å². The number of hydrogen-bond donors (Lipinski definition) is 1. The molecule has 0 spiro atoms. The highest BCUT2D eigenvalue weighted by molar-refractivity contribution is 6.19. The first kappa shape index (κ1) is 23.5. The maximum Gasteiger partial charge on any atom is 0.267 e. The molecule has 9 nitrogen and oxygen atoms in total. The minimum absolute atomic E-state index is 0.228. The van der Waals surface area contributed by atoms with E-state index in [1.54, 1.807) is 42.0 Å². The Morgan fingerprint density at radius 3 is 2.55 bits per heavy atom. The van der Waals surface area contributed by atoms with Crippen LogP contribution in [0.15, 0.2) is 71.9 Å². The van der Waals surface area contributed by atoms with Gasteiger partial charge in [0, 0.05) is 41.3 Å². The van der Waals surface area contributed by atoms with E-state index in [9.17, 15) is 9.59 Å². The van der Waals surface area contributed by atoms with Crippen LogP contribution in [0.2, 0.25) is 0 Å². The van der Waals surface area contributed by atoms with E-state index in [0.29, 0.717) is 51.1 Å². The van der Waals surface area contributed by atoms with Crippen molar-refractivity contribution >= 4 is 44.0 Å². The van der Waals surface area contributed by atoms with Gasteiger partial charge in [0.1, 0.15) is 5.75 Å². The molecule has 0 bridgehead atoms. The summed E-state index contributed by atoms with van der Waals surface area (Å²) in [5.74, 6) is 1.12. The zero-order chi connectivity index (χ0) is 26.4. The van der Waals surface area contributed by atoms with Crippen LogP contribution in [0.4, 0.5) is 0 Å². The van der Waals surface area contributed by atoms with Gasteiger partial charge in [0.05, 0.1) is 36.2 Å². The molecule has 0 radical (unpaired) electrons. The Labute approximate surface area is 216 Å². The van der Waals surface area contributed by atoms with E-state index < -0.39 is 6.10 Å². The van der Waals surface area contributed by atoms with Crippen LogP contribution in [0, 0.1) is 0 Å². The SMILES string of the molecule is COc1ccc2c(c1OC)c(=O)n1c3ccc(OC(C)C(=O)NCc4ccncc4)cc3c3ccnc2c31. The summed E-state index contributed by atoms with van der Waals surface area (Å²) in [7, 11) is 3.05. The van der Waals surface area contributed by atoms with Crippen LogP contribution in [0.5, 0.6) is 17.2 Å². The number of aromatic nitrogens is 3. The summed E-state index contributed by atoms with van der Waals surface area (Å²) in [4.78, 5) is 35.1. The first-order chi connectivity index (χ1) is 18.5. The van der Waals surface area contributed by atoms with Crippen molar-refractivity contribution in [2.75, 3.05) is 14.2 Å². The highest BCUT2D eigenvalue weighted by Crippen LogP contribution is 2.39. The van der Waals surface area contributed by atoms with Crippen molar-refractivity contribution in [3.63, 3.8) is 0 Å². The van der Waals surface area contributed by atoms with Crippen LogP contribution < -0.4 is 25.1 Å². The summed E-state index contributed by atoms with van der Waals surface area (Å²) in [6.45, 7) is 2.08. The molecule has 2 aromatic carbocycles. The molecule has 1 N–H and O–H groups in total. The highest BCUT2D eigenvalue weighted by atomic mass is 16.5. The highest BCUT2D eigenvalue weighted by Gasteiger charge is 2.23. The predicted molar refractivity (Wildman–Crippen MR) is 144 cm³/mol. The number of carbonyl (C=O) groups is 1. The molecule has 6 aromatic rings. The summed E-state index contributed by atoms with van der Waals surface area (Å²) in [6.07, 6.45) is 4.36. The third-order valence-electron chi connectivity index (χ3n) is 6.76. The number of rotatable bonds is 7. The quantitative estimate of drug-likeness (QED) is 0.324. The second-order valence-corrected chi connectivity index (χ2v) is 8.93. The molecule has 0 saturated carbocycles. The van der Waals surface area contributed by atoms with Gasteiger partial charge in [-0.2, -0.15) is 0 Å². The van der Waals surface area contributed by atoms with Crippen molar-refractivity contribution in [2.45, 2.75) is 19.6 Å². The summed E-state index contributed by atoms with van der Waals surface area (Å²) >= 11 is 0. The first-order valence-corrected chi connectivity index (χ1v) is 12.1. The van der Waals surface area contributed by atoms with Gasteiger partial charge in [-0.3, -0.25) is 24.0 Å². The summed E-state index contributed by atoms with van der Waals surface area (Å²) in [5.41, 5.74) is 2.82. The predicted octanol–water partition coefficient (Wildman–Crippen LogP) is 4.09. The fourth-order valence-corrected chi connectivity index (χ4v) is 4.96. The average molecular weight is 509 g/mol. The minimum atomic E-state index is -0.724. The third kappa shape index (κ3) is 3.62. The standard InChI is InChI=1S/C29H24N4O5/c1-16(28(34)32-15-17-8-11-30-12-9-17)38-18-4-6-22-21(14-18)19-10-13-31-25-20-5-7-23(36-2)27(37-3)24(20)29(35)33(22)26(19)25/h4-14,16H,15H2,1-3H3,(H,32,34). The van der Waals surface area contributed by atoms with Gasteiger partial charge in [0.2, 0.25) is 0 Å². The Morgan fingerprint density at radius 2 is 1.79 bits per heavy atom. The fraction of sp³-hybridized carbons (Fsp3) is 0.172. The van der Waals surface area contributed by atoms with Gasteiger partial charge >= 0.3 is 0 Å². The molecule has 0 aliphatic heterocycles. The first-order valence-electron chi connectivity index (χ1n) is 12.1. The van der Waals surface area contributed by atoms with Crippen molar-refractivity contribution in [3.8, 4) is 17.2 Å². The number of benzene rings is 2. The normalized spacial score (nSPS) is 12.3. The number of ether oxygens (including phenoxy) is 3. The Morgan fingerprint density at radius 1 is 0.974 bits per heavy atom. The summed E-state index contributed by atoms with van der Waals surface area (Å²) in [6, 6.07) is 14.6. The number of pyridine rings is 3. The number of methoxy groups -OCH3 is 2. The zero-order valence-electron chi connectivity index (χ0n) is 21.0. The molecule has 4 heterocycles. The molecule has 9 heteroatoms. The molecular formula is C29H24N4O5. The number of hydrogen-bond acceptors (Lipinski definition) is 7. The van der Waals surface area contributed by atoms with Crippen molar-refractivity contribution < 1.29 is 19.0 Å². The molecule has 38 heavy (non-hydrogen) atoms.